The van der Waals surface area contributed by atoms with E-state index in [2.05, 4.69) is 15.6 Å². The summed E-state index contributed by atoms with van der Waals surface area (Å²) in [5.41, 5.74) is 2.25. The van der Waals surface area contributed by atoms with Crippen LogP contribution in [-0.2, 0) is 9.53 Å². The summed E-state index contributed by atoms with van der Waals surface area (Å²) in [7, 11) is 1.33. The van der Waals surface area contributed by atoms with Gasteiger partial charge in [-0.25, -0.2) is 9.18 Å². The summed E-state index contributed by atoms with van der Waals surface area (Å²) in [6.07, 6.45) is 1.83. The van der Waals surface area contributed by atoms with Gasteiger partial charge in [0, 0.05) is 30.4 Å². The fraction of sp³-hybridized carbons (Fsp3) is 0.172. The fourth-order valence-electron chi connectivity index (χ4n) is 4.58. The third-order valence-electron chi connectivity index (χ3n) is 6.42. The number of anilines is 1. The number of aromatic nitrogens is 1. The summed E-state index contributed by atoms with van der Waals surface area (Å²) in [4.78, 5) is 31.4. The largest absolute Gasteiger partial charge is 0.465 e. The minimum absolute atomic E-state index is 0.128. The zero-order chi connectivity index (χ0) is 27.4. The smallest absolute Gasteiger partial charge is 0.338 e. The minimum Gasteiger partial charge on any atom is -0.465 e. The van der Waals surface area contributed by atoms with Crippen LogP contribution in [0.5, 0.6) is 0 Å². The van der Waals surface area contributed by atoms with E-state index in [1.165, 1.54) is 31.4 Å². The average Bonchev–Trinajstić information content (AvgIpc) is 3.57. The molecule has 0 bridgehead atoms. The van der Waals surface area contributed by atoms with Gasteiger partial charge in [-0.2, -0.15) is 0 Å². The van der Waals surface area contributed by atoms with Crippen LogP contribution < -0.4 is 10.6 Å². The molecule has 8 nitrogen and oxygen atoms in total. The number of esters is 1. The van der Waals surface area contributed by atoms with Crippen molar-refractivity contribution in [2.45, 2.75) is 18.5 Å². The fourth-order valence-corrected chi connectivity index (χ4v) is 4.91. The molecule has 39 heavy (non-hydrogen) atoms. The molecule has 5 rings (SSSR count). The molecule has 3 heterocycles. The first-order chi connectivity index (χ1) is 18.9. The third-order valence-corrected chi connectivity index (χ3v) is 6.77. The molecule has 2 aromatic heterocycles. The van der Waals surface area contributed by atoms with Crippen molar-refractivity contribution < 1.29 is 23.1 Å². The first-order valence-electron chi connectivity index (χ1n) is 12.3. The number of hydrogen-bond acceptors (Lipinski definition) is 6. The highest BCUT2D eigenvalue weighted by Crippen LogP contribution is 2.41. The van der Waals surface area contributed by atoms with Gasteiger partial charge in [-0.1, -0.05) is 24.3 Å². The Labute approximate surface area is 229 Å². The number of nitrogens with zero attached hydrogens (tertiary/aromatic N) is 2. The molecule has 198 valence electrons. The number of carbonyl (C=O) groups excluding carboxylic acids is 2. The lowest BCUT2D eigenvalue weighted by molar-refractivity contribution is -0.116. The summed E-state index contributed by atoms with van der Waals surface area (Å²) in [6, 6.07) is 21.1. The maximum Gasteiger partial charge on any atom is 0.338 e. The van der Waals surface area contributed by atoms with E-state index >= 15 is 0 Å². The SMILES string of the molecule is COC(=O)c1ccccc1-c1ccc([C@H]2[C@@H](c3ccccn3)NC(=S)N2CCC(=O)Nc2ccc(F)cc2)o1. The Morgan fingerprint density at radius 2 is 1.85 bits per heavy atom. The molecule has 2 aromatic carbocycles. The van der Waals surface area contributed by atoms with Crippen LogP contribution in [0.2, 0.25) is 0 Å². The Hall–Kier alpha value is -4.57. The van der Waals surface area contributed by atoms with E-state index in [9.17, 15) is 14.0 Å². The van der Waals surface area contributed by atoms with Crippen LogP contribution in [0.15, 0.2) is 89.5 Å². The standard InChI is InChI=1S/C29H25FN4O4S/c1-37-28(36)21-7-3-2-6-20(21)23-13-14-24(38-23)27-26(22-8-4-5-16-31-22)33-29(39)34(27)17-15-25(35)32-19-11-9-18(30)10-12-19/h2-14,16,26-27H,15,17H2,1H3,(H,32,35)(H,33,39)/t26-,27+/m1/s1. The highest BCUT2D eigenvalue weighted by molar-refractivity contribution is 7.80. The molecular weight excluding hydrogens is 519 g/mol. The van der Waals surface area contributed by atoms with E-state index in [1.807, 2.05) is 35.2 Å². The molecule has 0 spiro atoms. The van der Waals surface area contributed by atoms with Gasteiger partial charge < -0.3 is 24.7 Å². The quantitative estimate of drug-likeness (QED) is 0.229. The highest BCUT2D eigenvalue weighted by Gasteiger charge is 2.41. The minimum atomic E-state index is -0.465. The molecule has 4 aromatic rings. The van der Waals surface area contributed by atoms with Crippen molar-refractivity contribution in [2.24, 2.45) is 0 Å². The number of furan rings is 1. The van der Waals surface area contributed by atoms with Crippen molar-refractivity contribution in [1.82, 2.24) is 15.2 Å². The monoisotopic (exact) mass is 544 g/mol. The van der Waals surface area contributed by atoms with Crippen LogP contribution in [0.4, 0.5) is 10.1 Å². The number of ether oxygens (including phenoxy) is 1. The van der Waals surface area contributed by atoms with Crippen LogP contribution in [-0.4, -0.2) is 40.5 Å². The molecule has 1 amide bonds. The number of rotatable bonds is 8. The van der Waals surface area contributed by atoms with E-state index in [0.717, 1.165) is 5.69 Å². The molecule has 0 unspecified atom stereocenters. The van der Waals surface area contributed by atoms with Gasteiger partial charge in [-0.3, -0.25) is 9.78 Å². The lowest BCUT2D eigenvalue weighted by Gasteiger charge is -2.25. The molecule has 0 saturated carbocycles. The van der Waals surface area contributed by atoms with Gasteiger partial charge in [-0.15, -0.1) is 0 Å². The van der Waals surface area contributed by atoms with Gasteiger partial charge in [-0.05, 0) is 66.8 Å². The predicted molar refractivity (Wildman–Crippen MR) is 147 cm³/mol. The van der Waals surface area contributed by atoms with Crippen molar-refractivity contribution in [3.05, 3.63) is 108 Å². The van der Waals surface area contributed by atoms with Crippen molar-refractivity contribution >= 4 is 34.9 Å². The molecule has 0 aliphatic carbocycles. The normalized spacial score (nSPS) is 16.6. The Bertz CT molecular complexity index is 1490. The average molecular weight is 545 g/mol. The number of pyridine rings is 1. The van der Waals surface area contributed by atoms with Gasteiger partial charge >= 0.3 is 5.97 Å². The topological polar surface area (TPSA) is 96.7 Å². The summed E-state index contributed by atoms with van der Waals surface area (Å²) in [6.45, 7) is 0.293. The van der Waals surface area contributed by atoms with E-state index in [0.29, 0.717) is 40.0 Å². The summed E-state index contributed by atoms with van der Waals surface area (Å²) < 4.78 is 24.5. The number of benzene rings is 2. The summed E-state index contributed by atoms with van der Waals surface area (Å²) >= 11 is 5.67. The number of carbonyl (C=O) groups is 2. The molecule has 1 aliphatic rings. The Balaban J connectivity index is 1.42. The second-order valence-corrected chi connectivity index (χ2v) is 9.25. The van der Waals surface area contributed by atoms with Crippen LogP contribution in [0.25, 0.3) is 11.3 Å². The molecule has 1 aliphatic heterocycles. The van der Waals surface area contributed by atoms with Crippen LogP contribution in [0.1, 0.15) is 40.3 Å². The first-order valence-corrected chi connectivity index (χ1v) is 12.7. The highest BCUT2D eigenvalue weighted by atomic mass is 32.1. The molecule has 0 radical (unpaired) electrons. The lowest BCUT2D eigenvalue weighted by atomic mass is 10.0. The number of hydrogen-bond donors (Lipinski definition) is 2. The van der Waals surface area contributed by atoms with E-state index in [4.69, 9.17) is 21.4 Å². The molecular formula is C29H25FN4O4S. The summed E-state index contributed by atoms with van der Waals surface area (Å²) in [5.74, 6) is 0.00475. The van der Waals surface area contributed by atoms with Gasteiger partial charge in [0.1, 0.15) is 23.4 Å². The number of nitrogens with one attached hydrogen (secondary N) is 2. The van der Waals surface area contributed by atoms with Gasteiger partial charge in [0.25, 0.3) is 0 Å². The van der Waals surface area contributed by atoms with Crippen molar-refractivity contribution in [2.75, 3.05) is 19.0 Å². The molecule has 10 heteroatoms. The maximum absolute atomic E-state index is 13.2. The number of halogens is 1. The van der Waals surface area contributed by atoms with E-state index in [1.54, 1.807) is 30.5 Å². The maximum atomic E-state index is 13.2. The third kappa shape index (κ3) is 5.65. The number of amides is 1. The Morgan fingerprint density at radius 1 is 1.08 bits per heavy atom. The Morgan fingerprint density at radius 3 is 2.59 bits per heavy atom. The number of thiocarbonyl (C=S) groups is 1. The molecule has 2 N–H and O–H groups in total. The second-order valence-electron chi connectivity index (χ2n) is 8.86. The van der Waals surface area contributed by atoms with Crippen molar-refractivity contribution in [1.29, 1.82) is 0 Å². The van der Waals surface area contributed by atoms with Gasteiger partial charge in [0.05, 0.1) is 24.4 Å². The first kappa shape index (κ1) is 26.1. The Kier molecular flexibility index (Phi) is 7.64. The number of methoxy groups -OCH3 is 1. The van der Waals surface area contributed by atoms with Gasteiger partial charge in [0.15, 0.2) is 5.11 Å². The lowest BCUT2D eigenvalue weighted by Crippen LogP contribution is -2.32. The van der Waals surface area contributed by atoms with Crippen LogP contribution >= 0.6 is 12.2 Å². The van der Waals surface area contributed by atoms with Crippen LogP contribution in [0.3, 0.4) is 0 Å². The van der Waals surface area contributed by atoms with Crippen molar-refractivity contribution in [3.8, 4) is 11.3 Å². The zero-order valence-corrected chi connectivity index (χ0v) is 21.8. The van der Waals surface area contributed by atoms with Crippen molar-refractivity contribution in [3.63, 3.8) is 0 Å². The molecule has 1 saturated heterocycles. The van der Waals surface area contributed by atoms with E-state index in [-0.39, 0.29) is 24.2 Å². The predicted octanol–water partition coefficient (Wildman–Crippen LogP) is 5.27. The van der Waals surface area contributed by atoms with E-state index < -0.39 is 12.0 Å². The molecule has 2 atom stereocenters. The second kappa shape index (κ2) is 11.4. The van der Waals surface area contributed by atoms with Gasteiger partial charge in [0.2, 0.25) is 5.91 Å². The molecule has 1 fully saturated rings. The van der Waals surface area contributed by atoms with Crippen LogP contribution in [0, 0.1) is 5.82 Å². The summed E-state index contributed by atoms with van der Waals surface area (Å²) in [5, 5.41) is 6.56. The zero-order valence-electron chi connectivity index (χ0n) is 21.0.